The molecule has 7 heteroatoms. The molecule has 0 radical (unpaired) electrons. The highest BCUT2D eigenvalue weighted by molar-refractivity contribution is 7.86. The van der Waals surface area contributed by atoms with Gasteiger partial charge in [-0.05, 0) is 0 Å². The van der Waals surface area contributed by atoms with Crippen LogP contribution in [-0.2, 0) is 18.9 Å². The molecule has 0 saturated carbocycles. The molecule has 0 aliphatic heterocycles. The SMILES string of the molecule is CCP(=O)(CC)COS(=O)(=O)CF. The second kappa shape index (κ2) is 5.08. The smallest absolute Gasteiger partial charge is 0.297 e. The third kappa shape index (κ3) is 4.74. The normalized spacial score (nSPS) is 13.2. The predicted molar refractivity (Wildman–Crippen MR) is 49.5 cm³/mol. The van der Waals surface area contributed by atoms with Crippen LogP contribution in [0.15, 0.2) is 0 Å². The van der Waals surface area contributed by atoms with E-state index in [1.165, 1.54) is 0 Å². The van der Waals surface area contributed by atoms with Crippen molar-refractivity contribution in [3.05, 3.63) is 0 Å². The van der Waals surface area contributed by atoms with Crippen molar-refractivity contribution in [2.24, 2.45) is 0 Å². The number of alkyl halides is 1. The lowest BCUT2D eigenvalue weighted by Crippen LogP contribution is -2.10. The van der Waals surface area contributed by atoms with Gasteiger partial charge in [-0.2, -0.15) is 8.42 Å². The van der Waals surface area contributed by atoms with Gasteiger partial charge in [-0.1, -0.05) is 13.8 Å². The van der Waals surface area contributed by atoms with Gasteiger partial charge in [0.2, 0.25) is 6.01 Å². The van der Waals surface area contributed by atoms with Crippen molar-refractivity contribution in [3.63, 3.8) is 0 Å². The van der Waals surface area contributed by atoms with Crippen molar-refractivity contribution in [1.29, 1.82) is 0 Å². The Kier molecular flexibility index (Phi) is 5.10. The Balaban J connectivity index is 4.24. The van der Waals surface area contributed by atoms with Crippen molar-refractivity contribution in [3.8, 4) is 0 Å². The third-order valence-corrected chi connectivity index (χ3v) is 5.58. The molecule has 0 atom stereocenters. The van der Waals surface area contributed by atoms with E-state index in [9.17, 15) is 17.4 Å². The van der Waals surface area contributed by atoms with E-state index < -0.39 is 23.3 Å². The summed E-state index contributed by atoms with van der Waals surface area (Å²) in [6.45, 7) is 3.38. The molecule has 0 aromatic rings. The summed E-state index contributed by atoms with van der Waals surface area (Å²) in [5.74, 6) is 0. The lowest BCUT2D eigenvalue weighted by atomic mass is 11.0. The largest absolute Gasteiger partial charge is 0.321 e. The van der Waals surface area contributed by atoms with Crippen molar-refractivity contribution in [2.45, 2.75) is 13.8 Å². The van der Waals surface area contributed by atoms with Crippen LogP contribution in [0.3, 0.4) is 0 Å². The van der Waals surface area contributed by atoms with Gasteiger partial charge in [0.05, 0.1) is 0 Å². The van der Waals surface area contributed by atoms with E-state index in [4.69, 9.17) is 0 Å². The first-order chi connectivity index (χ1) is 5.89. The lowest BCUT2D eigenvalue weighted by Gasteiger charge is -2.12. The van der Waals surface area contributed by atoms with Gasteiger partial charge in [0, 0.05) is 12.3 Å². The second-order valence-corrected chi connectivity index (χ2v) is 7.81. The Morgan fingerprint density at radius 2 is 1.77 bits per heavy atom. The molecule has 0 unspecified atom stereocenters. The Bertz CT molecular complexity index is 279. The zero-order chi connectivity index (χ0) is 10.5. The Morgan fingerprint density at radius 3 is 2.08 bits per heavy atom. The zero-order valence-corrected chi connectivity index (χ0v) is 9.41. The zero-order valence-electron chi connectivity index (χ0n) is 7.69. The minimum absolute atomic E-state index is 0.366. The number of hydrogen-bond donors (Lipinski definition) is 0. The van der Waals surface area contributed by atoms with Crippen LogP contribution in [0.2, 0.25) is 0 Å². The maximum absolute atomic E-state index is 11.8. The van der Waals surface area contributed by atoms with Crippen LogP contribution in [0.4, 0.5) is 4.39 Å². The molecule has 0 fully saturated rings. The second-order valence-electron chi connectivity index (χ2n) is 2.60. The van der Waals surface area contributed by atoms with E-state index in [1.807, 2.05) is 0 Å². The molecule has 0 bridgehead atoms. The van der Waals surface area contributed by atoms with E-state index >= 15 is 0 Å². The molecule has 0 aliphatic carbocycles. The number of hydrogen-bond acceptors (Lipinski definition) is 4. The highest BCUT2D eigenvalue weighted by Gasteiger charge is 2.21. The first-order valence-corrected chi connectivity index (χ1v) is 7.73. The van der Waals surface area contributed by atoms with E-state index in [0.29, 0.717) is 12.3 Å². The molecule has 0 amide bonds. The highest BCUT2D eigenvalue weighted by Crippen LogP contribution is 2.44. The van der Waals surface area contributed by atoms with Crippen molar-refractivity contribution < 1.29 is 21.6 Å². The van der Waals surface area contributed by atoms with Crippen molar-refractivity contribution in [1.82, 2.24) is 0 Å². The van der Waals surface area contributed by atoms with Crippen LogP contribution in [0.5, 0.6) is 0 Å². The molecule has 0 aromatic heterocycles. The van der Waals surface area contributed by atoms with Crippen LogP contribution < -0.4 is 0 Å². The van der Waals surface area contributed by atoms with E-state index in [-0.39, 0.29) is 6.35 Å². The van der Waals surface area contributed by atoms with Gasteiger partial charge in [-0.15, -0.1) is 0 Å². The lowest BCUT2D eigenvalue weighted by molar-refractivity contribution is 0.353. The highest BCUT2D eigenvalue weighted by atomic mass is 32.2. The summed E-state index contributed by atoms with van der Waals surface area (Å²) in [7, 11) is -6.67. The summed E-state index contributed by atoms with van der Waals surface area (Å²) in [4.78, 5) is 0. The maximum atomic E-state index is 11.8. The average molecular weight is 232 g/mol. The molecule has 0 saturated heterocycles. The van der Waals surface area contributed by atoms with Crippen molar-refractivity contribution in [2.75, 3.05) is 24.7 Å². The molecule has 0 spiro atoms. The molecular weight excluding hydrogens is 218 g/mol. The number of halogens is 1. The molecule has 0 aromatic carbocycles. The van der Waals surface area contributed by atoms with E-state index in [2.05, 4.69) is 4.18 Å². The molecule has 0 N–H and O–H groups in total. The predicted octanol–water partition coefficient (Wildman–Crippen LogP) is 1.62. The van der Waals surface area contributed by atoms with Gasteiger partial charge in [0.25, 0.3) is 10.1 Å². The first kappa shape index (κ1) is 13.1. The molecule has 0 rings (SSSR count). The van der Waals surface area contributed by atoms with Crippen LogP contribution in [0.1, 0.15) is 13.8 Å². The molecular formula is C6H14FO4PS. The summed E-state index contributed by atoms with van der Waals surface area (Å²) in [5.41, 5.74) is 0. The molecule has 0 aliphatic rings. The summed E-state index contributed by atoms with van der Waals surface area (Å²) < 4.78 is 48.7. The quantitative estimate of drug-likeness (QED) is 0.515. The molecule has 13 heavy (non-hydrogen) atoms. The topological polar surface area (TPSA) is 60.4 Å². The van der Waals surface area contributed by atoms with Gasteiger partial charge in [-0.3, -0.25) is 4.18 Å². The van der Waals surface area contributed by atoms with Gasteiger partial charge >= 0.3 is 0 Å². The molecule has 80 valence electrons. The Labute approximate surface area is 78.0 Å². The van der Waals surface area contributed by atoms with Gasteiger partial charge in [-0.25, -0.2) is 4.39 Å². The van der Waals surface area contributed by atoms with E-state index in [0.717, 1.165) is 0 Å². The minimum Gasteiger partial charge on any atom is -0.321 e. The fourth-order valence-electron chi connectivity index (χ4n) is 0.614. The van der Waals surface area contributed by atoms with Crippen LogP contribution in [-0.4, -0.2) is 33.1 Å². The first-order valence-electron chi connectivity index (χ1n) is 3.89. The summed E-state index contributed by atoms with van der Waals surface area (Å²) >= 11 is 0. The maximum Gasteiger partial charge on any atom is 0.297 e. The van der Waals surface area contributed by atoms with Crippen molar-refractivity contribution >= 4 is 17.3 Å². The van der Waals surface area contributed by atoms with Crippen LogP contribution in [0.25, 0.3) is 0 Å². The van der Waals surface area contributed by atoms with Gasteiger partial charge < -0.3 is 4.57 Å². The average Bonchev–Trinajstić information content (AvgIpc) is 2.14. The fourth-order valence-corrected chi connectivity index (χ4v) is 2.90. The standard InChI is InChI=1S/C6H14FO4PS/c1-3-12(8,4-2)6-11-13(9,10)5-7/h3-6H2,1-2H3. The minimum atomic E-state index is -4.11. The monoisotopic (exact) mass is 232 g/mol. The Morgan fingerprint density at radius 1 is 1.31 bits per heavy atom. The number of rotatable bonds is 6. The van der Waals surface area contributed by atoms with Gasteiger partial charge in [0.15, 0.2) is 0 Å². The Hall–Kier alpha value is 0.0700. The van der Waals surface area contributed by atoms with Crippen LogP contribution in [0, 0.1) is 0 Å². The van der Waals surface area contributed by atoms with Gasteiger partial charge in [0.1, 0.15) is 13.5 Å². The third-order valence-electron chi connectivity index (χ3n) is 1.75. The van der Waals surface area contributed by atoms with Crippen LogP contribution >= 0.6 is 7.14 Å². The fraction of sp³-hybridized carbons (Fsp3) is 1.00. The molecule has 4 nitrogen and oxygen atoms in total. The molecule has 0 heterocycles. The summed E-state index contributed by atoms with van der Waals surface area (Å²) in [6, 6.07) is -1.57. The summed E-state index contributed by atoms with van der Waals surface area (Å²) in [5, 5.41) is 0. The summed E-state index contributed by atoms with van der Waals surface area (Å²) in [6.07, 6.45) is 0.350. The van der Waals surface area contributed by atoms with E-state index in [1.54, 1.807) is 13.8 Å².